The van der Waals surface area contributed by atoms with E-state index in [0.717, 1.165) is 33.3 Å². The van der Waals surface area contributed by atoms with Crippen LogP contribution in [0.25, 0.3) is 33.5 Å². The molecule has 0 fully saturated rings. The fourth-order valence-corrected chi connectivity index (χ4v) is 3.13. The first-order valence-electron chi connectivity index (χ1n) is 8.57. The van der Waals surface area contributed by atoms with Gasteiger partial charge in [-0.15, -0.1) is 0 Å². The van der Waals surface area contributed by atoms with Gasteiger partial charge in [-0.3, -0.25) is 9.89 Å². The molecule has 6 nitrogen and oxygen atoms in total. The zero-order valence-electron chi connectivity index (χ0n) is 14.2. The molecule has 0 unspecified atom stereocenters. The van der Waals surface area contributed by atoms with Crippen LogP contribution in [0.5, 0.6) is 0 Å². The number of anilines is 1. The summed E-state index contributed by atoms with van der Waals surface area (Å²) >= 11 is 0. The van der Waals surface area contributed by atoms with Crippen LogP contribution in [-0.2, 0) is 0 Å². The van der Waals surface area contributed by atoms with Crippen LogP contribution in [0.1, 0.15) is 10.4 Å². The summed E-state index contributed by atoms with van der Waals surface area (Å²) in [6.07, 6.45) is 0. The monoisotopic (exact) mass is 353 g/mol. The van der Waals surface area contributed by atoms with Crippen molar-refractivity contribution in [3.8, 4) is 11.5 Å². The molecule has 0 aliphatic carbocycles. The zero-order chi connectivity index (χ0) is 18.2. The Morgan fingerprint density at radius 2 is 1.70 bits per heavy atom. The summed E-state index contributed by atoms with van der Waals surface area (Å²) in [7, 11) is 0. The number of H-pyrrole nitrogens is 2. The largest absolute Gasteiger partial charge is 0.337 e. The average Bonchev–Trinajstić information content (AvgIpc) is 3.31. The molecule has 5 aromatic rings. The number of nitrogens with zero attached hydrogens (tertiary/aromatic N) is 2. The van der Waals surface area contributed by atoms with Crippen LogP contribution in [0.4, 0.5) is 5.69 Å². The molecule has 0 saturated carbocycles. The molecule has 2 heterocycles. The maximum absolute atomic E-state index is 12.5. The third-order valence-electron chi connectivity index (χ3n) is 4.47. The molecule has 130 valence electrons. The molecule has 0 aliphatic rings. The van der Waals surface area contributed by atoms with Crippen LogP contribution in [0.15, 0.2) is 72.8 Å². The van der Waals surface area contributed by atoms with Crippen LogP contribution < -0.4 is 5.32 Å². The van der Waals surface area contributed by atoms with Gasteiger partial charge in [-0.2, -0.15) is 5.10 Å². The van der Waals surface area contributed by atoms with E-state index in [0.29, 0.717) is 11.4 Å². The highest BCUT2D eigenvalue weighted by Crippen LogP contribution is 2.27. The van der Waals surface area contributed by atoms with E-state index in [1.807, 2.05) is 60.7 Å². The number of amides is 1. The van der Waals surface area contributed by atoms with E-state index in [1.165, 1.54) is 0 Å². The molecule has 0 bridgehead atoms. The summed E-state index contributed by atoms with van der Waals surface area (Å²) < 4.78 is 0. The van der Waals surface area contributed by atoms with E-state index < -0.39 is 0 Å². The molecule has 3 aromatic carbocycles. The second-order valence-electron chi connectivity index (χ2n) is 6.26. The second-order valence-corrected chi connectivity index (χ2v) is 6.26. The Balaban J connectivity index is 1.50. The number of para-hydroxylation sites is 3. The van der Waals surface area contributed by atoms with E-state index in [-0.39, 0.29) is 5.91 Å². The molecular weight excluding hydrogens is 338 g/mol. The highest BCUT2D eigenvalue weighted by molar-refractivity contribution is 6.07. The smallest absolute Gasteiger partial charge is 0.255 e. The van der Waals surface area contributed by atoms with Gasteiger partial charge in [0.05, 0.1) is 16.6 Å². The van der Waals surface area contributed by atoms with Gasteiger partial charge in [-0.1, -0.05) is 30.3 Å². The number of carbonyl (C=O) groups is 1. The van der Waals surface area contributed by atoms with Crippen molar-refractivity contribution in [1.82, 2.24) is 20.2 Å². The van der Waals surface area contributed by atoms with Gasteiger partial charge in [0, 0.05) is 16.6 Å². The molecule has 27 heavy (non-hydrogen) atoms. The number of fused-ring (bicyclic) bond motifs is 2. The number of benzene rings is 3. The summed E-state index contributed by atoms with van der Waals surface area (Å²) in [4.78, 5) is 20.4. The predicted molar refractivity (Wildman–Crippen MR) is 106 cm³/mol. The molecule has 0 aliphatic heterocycles. The topological polar surface area (TPSA) is 86.5 Å². The normalized spacial score (nSPS) is 11.1. The molecule has 1 amide bonds. The minimum Gasteiger partial charge on any atom is -0.337 e. The molecule has 0 radical (unpaired) electrons. The van der Waals surface area contributed by atoms with Crippen molar-refractivity contribution < 1.29 is 4.79 Å². The summed E-state index contributed by atoms with van der Waals surface area (Å²) in [6, 6.07) is 22.7. The lowest BCUT2D eigenvalue weighted by molar-refractivity contribution is 0.102. The number of hydrogen-bond acceptors (Lipinski definition) is 3. The van der Waals surface area contributed by atoms with Crippen LogP contribution in [0.2, 0.25) is 0 Å². The summed E-state index contributed by atoms with van der Waals surface area (Å²) in [5.41, 5.74) is 4.69. The molecule has 2 aromatic heterocycles. The Morgan fingerprint density at radius 3 is 2.56 bits per heavy atom. The Morgan fingerprint density at radius 1 is 0.889 bits per heavy atom. The van der Waals surface area contributed by atoms with E-state index in [9.17, 15) is 4.79 Å². The third-order valence-corrected chi connectivity index (χ3v) is 4.47. The van der Waals surface area contributed by atoms with Crippen molar-refractivity contribution in [2.45, 2.75) is 0 Å². The number of imidazole rings is 1. The molecular formula is C21H15N5O. The second kappa shape index (κ2) is 6.10. The SMILES string of the molecule is O=C(Nc1ccccc1)c1ccc2c(-c3nc4ccccc4[nH]3)n[nH]c2c1. The van der Waals surface area contributed by atoms with Gasteiger partial charge < -0.3 is 10.3 Å². The average molecular weight is 353 g/mol. The number of carbonyl (C=O) groups excluding carboxylic acids is 1. The quantitative estimate of drug-likeness (QED) is 0.450. The van der Waals surface area contributed by atoms with Gasteiger partial charge in [-0.25, -0.2) is 4.98 Å². The van der Waals surface area contributed by atoms with Gasteiger partial charge in [0.15, 0.2) is 5.82 Å². The molecule has 0 spiro atoms. The lowest BCUT2D eigenvalue weighted by Crippen LogP contribution is -2.11. The highest BCUT2D eigenvalue weighted by Gasteiger charge is 2.14. The Kier molecular flexibility index (Phi) is 3.47. The van der Waals surface area contributed by atoms with Crippen molar-refractivity contribution in [3.05, 3.63) is 78.4 Å². The van der Waals surface area contributed by atoms with Crippen LogP contribution in [0.3, 0.4) is 0 Å². The lowest BCUT2D eigenvalue weighted by Gasteiger charge is -2.05. The van der Waals surface area contributed by atoms with Gasteiger partial charge in [-0.05, 0) is 42.5 Å². The number of aromatic nitrogens is 4. The first-order chi connectivity index (χ1) is 13.3. The minimum absolute atomic E-state index is 0.164. The number of aromatic amines is 2. The molecule has 0 atom stereocenters. The van der Waals surface area contributed by atoms with E-state index in [2.05, 4.69) is 25.5 Å². The number of rotatable bonds is 3. The van der Waals surface area contributed by atoms with E-state index >= 15 is 0 Å². The van der Waals surface area contributed by atoms with Crippen LogP contribution >= 0.6 is 0 Å². The third kappa shape index (κ3) is 2.73. The van der Waals surface area contributed by atoms with Gasteiger partial charge in [0.1, 0.15) is 5.69 Å². The zero-order valence-corrected chi connectivity index (χ0v) is 14.2. The van der Waals surface area contributed by atoms with Crippen molar-refractivity contribution in [1.29, 1.82) is 0 Å². The standard InChI is InChI=1S/C21H15N5O/c27-21(22-14-6-2-1-3-7-14)13-10-11-15-18(12-13)25-26-19(15)20-23-16-8-4-5-9-17(16)24-20/h1-12H,(H,22,27)(H,23,24)(H,25,26). The molecule has 6 heteroatoms. The first-order valence-corrected chi connectivity index (χ1v) is 8.57. The fourth-order valence-electron chi connectivity index (χ4n) is 3.13. The van der Waals surface area contributed by atoms with Crippen molar-refractivity contribution in [2.75, 3.05) is 5.32 Å². The van der Waals surface area contributed by atoms with Crippen LogP contribution in [-0.4, -0.2) is 26.1 Å². The Bertz CT molecular complexity index is 1240. The number of nitrogens with one attached hydrogen (secondary N) is 3. The lowest BCUT2D eigenvalue weighted by atomic mass is 10.1. The van der Waals surface area contributed by atoms with E-state index in [1.54, 1.807) is 12.1 Å². The van der Waals surface area contributed by atoms with Crippen LogP contribution in [0, 0.1) is 0 Å². The summed E-state index contributed by atoms with van der Waals surface area (Å²) in [6.45, 7) is 0. The maximum atomic E-state index is 12.5. The molecule has 5 rings (SSSR count). The van der Waals surface area contributed by atoms with Gasteiger partial charge in [0.25, 0.3) is 5.91 Å². The summed E-state index contributed by atoms with van der Waals surface area (Å²) in [5.74, 6) is 0.534. The Hall–Kier alpha value is -3.93. The fraction of sp³-hybridized carbons (Fsp3) is 0. The number of hydrogen-bond donors (Lipinski definition) is 3. The van der Waals surface area contributed by atoms with Crippen molar-refractivity contribution in [2.24, 2.45) is 0 Å². The highest BCUT2D eigenvalue weighted by atomic mass is 16.1. The van der Waals surface area contributed by atoms with Gasteiger partial charge in [0.2, 0.25) is 0 Å². The van der Waals surface area contributed by atoms with E-state index in [4.69, 9.17) is 0 Å². The van der Waals surface area contributed by atoms with Crippen molar-refractivity contribution in [3.63, 3.8) is 0 Å². The summed E-state index contributed by atoms with van der Waals surface area (Å²) in [5, 5.41) is 11.2. The molecule has 3 N–H and O–H groups in total. The first kappa shape index (κ1) is 15.3. The molecule has 0 saturated heterocycles. The van der Waals surface area contributed by atoms with Crippen molar-refractivity contribution >= 4 is 33.5 Å². The predicted octanol–water partition coefficient (Wildman–Crippen LogP) is 4.36. The minimum atomic E-state index is -0.164. The Labute approximate surface area is 154 Å². The maximum Gasteiger partial charge on any atom is 0.255 e. The van der Waals surface area contributed by atoms with Gasteiger partial charge >= 0.3 is 0 Å².